The summed E-state index contributed by atoms with van der Waals surface area (Å²) in [7, 11) is 0. The van der Waals surface area contributed by atoms with E-state index < -0.39 is 0 Å². The van der Waals surface area contributed by atoms with Gasteiger partial charge < -0.3 is 0 Å². The Morgan fingerprint density at radius 3 is 2.42 bits per heavy atom. The largest absolute Gasteiger partial charge is 0.172 e. The Balaban J connectivity index is 2.85. The molecule has 0 saturated carbocycles. The van der Waals surface area contributed by atoms with E-state index in [2.05, 4.69) is 56.8 Å². The molecule has 0 N–H and O–H groups in total. The van der Waals surface area contributed by atoms with Gasteiger partial charge in [-0.1, -0.05) is 36.4 Å². The van der Waals surface area contributed by atoms with E-state index in [1.165, 1.54) is 11.1 Å². The van der Waals surface area contributed by atoms with E-state index in [0.717, 1.165) is 0 Å². The van der Waals surface area contributed by atoms with Crippen LogP contribution in [0.4, 0.5) is 0 Å². The zero-order chi connectivity index (χ0) is 8.97. The number of hydrogen-bond donors (Lipinski definition) is 1. The van der Waals surface area contributed by atoms with Crippen molar-refractivity contribution in [2.24, 2.45) is 0 Å². The van der Waals surface area contributed by atoms with E-state index in [-0.39, 0.29) is 0 Å². The third kappa shape index (κ3) is 2.74. The molecule has 0 spiro atoms. The topological polar surface area (TPSA) is 0 Å². The first kappa shape index (κ1) is 9.40. The van der Waals surface area contributed by atoms with Crippen molar-refractivity contribution in [3.05, 3.63) is 42.0 Å². The van der Waals surface area contributed by atoms with Gasteiger partial charge in [0, 0.05) is 5.25 Å². The molecule has 0 aliphatic rings. The van der Waals surface area contributed by atoms with E-state index in [0.29, 0.717) is 5.25 Å². The van der Waals surface area contributed by atoms with Gasteiger partial charge in [-0.2, -0.15) is 12.6 Å². The molecule has 0 aliphatic heterocycles. The third-order valence-electron chi connectivity index (χ3n) is 1.72. The zero-order valence-electron chi connectivity index (χ0n) is 7.49. The van der Waals surface area contributed by atoms with Gasteiger partial charge in [0.2, 0.25) is 0 Å². The lowest BCUT2D eigenvalue weighted by Gasteiger charge is -2.02. The summed E-state index contributed by atoms with van der Waals surface area (Å²) in [6, 6.07) is 10.4. The van der Waals surface area contributed by atoms with Gasteiger partial charge >= 0.3 is 0 Å². The molecule has 64 valence electrons. The van der Waals surface area contributed by atoms with Crippen LogP contribution in [-0.2, 0) is 0 Å². The van der Waals surface area contributed by atoms with Gasteiger partial charge in [-0.25, -0.2) is 0 Å². The molecule has 1 unspecified atom stereocenters. The van der Waals surface area contributed by atoms with Gasteiger partial charge in [0.15, 0.2) is 0 Å². The fourth-order valence-electron chi connectivity index (χ4n) is 1.16. The SMILES string of the molecule is C/C(=C\C(C)S)c1ccccc1. The van der Waals surface area contributed by atoms with Gasteiger partial charge in [-0.05, 0) is 25.0 Å². The molecule has 0 saturated heterocycles. The summed E-state index contributed by atoms with van der Waals surface area (Å²) in [5.74, 6) is 0. The van der Waals surface area contributed by atoms with Crippen molar-refractivity contribution in [2.45, 2.75) is 19.1 Å². The van der Waals surface area contributed by atoms with Crippen molar-refractivity contribution in [3.63, 3.8) is 0 Å². The van der Waals surface area contributed by atoms with E-state index in [1.54, 1.807) is 0 Å². The maximum atomic E-state index is 4.31. The maximum absolute atomic E-state index is 4.31. The second-order valence-electron chi connectivity index (χ2n) is 2.96. The first-order valence-electron chi connectivity index (χ1n) is 4.12. The zero-order valence-corrected chi connectivity index (χ0v) is 8.38. The van der Waals surface area contributed by atoms with Crippen molar-refractivity contribution in [3.8, 4) is 0 Å². The average Bonchev–Trinajstić information content (AvgIpc) is 2.05. The van der Waals surface area contributed by atoms with Gasteiger partial charge in [0.05, 0.1) is 0 Å². The van der Waals surface area contributed by atoms with Crippen molar-refractivity contribution in [2.75, 3.05) is 0 Å². The van der Waals surface area contributed by atoms with Crippen LogP contribution in [0.25, 0.3) is 5.57 Å². The van der Waals surface area contributed by atoms with E-state index in [4.69, 9.17) is 0 Å². The van der Waals surface area contributed by atoms with Crippen LogP contribution in [0.1, 0.15) is 19.4 Å². The molecule has 1 atom stereocenters. The van der Waals surface area contributed by atoms with Crippen molar-refractivity contribution >= 4 is 18.2 Å². The molecule has 0 fully saturated rings. The summed E-state index contributed by atoms with van der Waals surface area (Å²) in [6.07, 6.45) is 2.15. The minimum absolute atomic E-state index is 0.324. The summed E-state index contributed by atoms with van der Waals surface area (Å²) in [5, 5.41) is 0.324. The summed E-state index contributed by atoms with van der Waals surface area (Å²) in [5.41, 5.74) is 2.57. The van der Waals surface area contributed by atoms with E-state index in [9.17, 15) is 0 Å². The molecule has 0 amide bonds. The Hall–Kier alpha value is -0.690. The highest BCUT2D eigenvalue weighted by molar-refractivity contribution is 7.81. The smallest absolute Gasteiger partial charge is 0.0174 e. The van der Waals surface area contributed by atoms with Crippen molar-refractivity contribution in [1.29, 1.82) is 0 Å². The highest BCUT2D eigenvalue weighted by Crippen LogP contribution is 2.14. The Labute approximate surface area is 79.7 Å². The first-order valence-corrected chi connectivity index (χ1v) is 4.63. The summed E-state index contributed by atoms with van der Waals surface area (Å²) < 4.78 is 0. The Morgan fingerprint density at radius 1 is 1.33 bits per heavy atom. The molecule has 0 aromatic heterocycles. The van der Waals surface area contributed by atoms with Gasteiger partial charge in [-0.3, -0.25) is 0 Å². The molecule has 1 aromatic rings. The lowest BCUT2D eigenvalue weighted by molar-refractivity contribution is 1.26. The highest BCUT2D eigenvalue weighted by atomic mass is 32.1. The molecule has 0 heterocycles. The Kier molecular flexibility index (Phi) is 3.42. The van der Waals surface area contributed by atoms with Crippen LogP contribution < -0.4 is 0 Å². The molecule has 0 nitrogen and oxygen atoms in total. The molecule has 1 heteroatoms. The number of allylic oxidation sites excluding steroid dienone is 1. The van der Waals surface area contributed by atoms with Crippen LogP contribution in [0, 0.1) is 0 Å². The monoisotopic (exact) mass is 178 g/mol. The van der Waals surface area contributed by atoms with Gasteiger partial charge in [-0.15, -0.1) is 0 Å². The predicted molar refractivity (Wildman–Crippen MR) is 58.5 cm³/mol. The predicted octanol–water partition coefficient (Wildman–Crippen LogP) is 3.41. The second kappa shape index (κ2) is 4.36. The third-order valence-corrected chi connectivity index (χ3v) is 1.87. The lowest BCUT2D eigenvalue weighted by Crippen LogP contribution is -1.86. The van der Waals surface area contributed by atoms with Crippen LogP contribution in [0.2, 0.25) is 0 Å². The van der Waals surface area contributed by atoms with Crippen LogP contribution in [0.15, 0.2) is 36.4 Å². The lowest BCUT2D eigenvalue weighted by atomic mass is 10.1. The Morgan fingerprint density at radius 2 is 1.92 bits per heavy atom. The quantitative estimate of drug-likeness (QED) is 0.659. The van der Waals surface area contributed by atoms with Crippen molar-refractivity contribution in [1.82, 2.24) is 0 Å². The standard InChI is InChI=1S/C11H14S/c1-9(8-10(2)12)11-6-4-3-5-7-11/h3-8,10,12H,1-2H3/b9-8+. The van der Waals surface area contributed by atoms with E-state index in [1.807, 2.05) is 6.07 Å². The normalized spacial score (nSPS) is 14.4. The first-order chi connectivity index (χ1) is 5.70. The van der Waals surface area contributed by atoms with Crippen LogP contribution >= 0.6 is 12.6 Å². The maximum Gasteiger partial charge on any atom is 0.0174 e. The van der Waals surface area contributed by atoms with E-state index >= 15 is 0 Å². The Bertz CT molecular complexity index is 260. The molecule has 0 radical (unpaired) electrons. The molecular formula is C11H14S. The molecule has 12 heavy (non-hydrogen) atoms. The van der Waals surface area contributed by atoms with Crippen molar-refractivity contribution < 1.29 is 0 Å². The molecular weight excluding hydrogens is 164 g/mol. The second-order valence-corrected chi connectivity index (χ2v) is 3.77. The fourth-order valence-corrected chi connectivity index (χ4v) is 1.38. The average molecular weight is 178 g/mol. The van der Waals surface area contributed by atoms with Crippen LogP contribution in [0.3, 0.4) is 0 Å². The number of thiol groups is 1. The number of hydrogen-bond acceptors (Lipinski definition) is 1. The van der Waals surface area contributed by atoms with Gasteiger partial charge in [0.1, 0.15) is 0 Å². The fraction of sp³-hybridized carbons (Fsp3) is 0.273. The number of rotatable bonds is 2. The summed E-state index contributed by atoms with van der Waals surface area (Å²) in [4.78, 5) is 0. The summed E-state index contributed by atoms with van der Waals surface area (Å²) in [6.45, 7) is 4.18. The molecule has 0 bridgehead atoms. The highest BCUT2D eigenvalue weighted by Gasteiger charge is 1.94. The number of benzene rings is 1. The van der Waals surface area contributed by atoms with Crippen LogP contribution in [-0.4, -0.2) is 5.25 Å². The molecule has 1 rings (SSSR count). The minimum Gasteiger partial charge on any atom is -0.172 e. The summed E-state index contributed by atoms with van der Waals surface area (Å²) >= 11 is 4.31. The molecule has 1 aromatic carbocycles. The van der Waals surface area contributed by atoms with Gasteiger partial charge in [0.25, 0.3) is 0 Å². The minimum atomic E-state index is 0.324. The molecule has 0 aliphatic carbocycles. The van der Waals surface area contributed by atoms with Crippen LogP contribution in [0.5, 0.6) is 0 Å².